The molecule has 4 rings (SSSR count). The van der Waals surface area contributed by atoms with Crippen molar-refractivity contribution >= 4 is 27.3 Å². The summed E-state index contributed by atoms with van der Waals surface area (Å²) < 4.78 is 23.6. The van der Waals surface area contributed by atoms with Gasteiger partial charge in [-0.3, -0.25) is 4.79 Å². The van der Waals surface area contributed by atoms with Gasteiger partial charge in [0.15, 0.2) is 0 Å². The number of amides is 1. The molecule has 0 bridgehead atoms. The van der Waals surface area contributed by atoms with Gasteiger partial charge in [-0.25, -0.2) is 13.6 Å². The zero-order chi connectivity index (χ0) is 22.4. The van der Waals surface area contributed by atoms with E-state index in [1.165, 1.54) is 0 Å². The lowest BCUT2D eigenvalue weighted by atomic mass is 9.77. The standard InChI is InChI=1S/C24H29N3O3S/c1-24(2,3)14-22(28)26-16-9-7-15(8-10-16)23-19-6-4-5-18(19)20-13-17(31(25,29)30)11-12-21(20)27-23/h4-5,7-13,18-19,23,27H,6,14H2,1-3H3,(H,26,28)(H2,25,29,30)/t18-,19+,23+/m0/s1. The molecule has 2 aromatic carbocycles. The van der Waals surface area contributed by atoms with Crippen molar-refractivity contribution in [3.63, 3.8) is 0 Å². The zero-order valence-corrected chi connectivity index (χ0v) is 18.9. The van der Waals surface area contributed by atoms with E-state index in [1.54, 1.807) is 18.2 Å². The Bertz CT molecular complexity index is 1130. The quantitative estimate of drug-likeness (QED) is 0.609. The monoisotopic (exact) mass is 439 g/mol. The van der Waals surface area contributed by atoms with Crippen LogP contribution in [0.25, 0.3) is 0 Å². The summed E-state index contributed by atoms with van der Waals surface area (Å²) in [5, 5.41) is 11.9. The highest BCUT2D eigenvalue weighted by Crippen LogP contribution is 2.50. The first-order chi connectivity index (χ1) is 14.5. The predicted octanol–water partition coefficient (Wildman–Crippen LogP) is 4.54. The minimum Gasteiger partial charge on any atom is -0.378 e. The summed E-state index contributed by atoms with van der Waals surface area (Å²) in [5.41, 5.74) is 3.75. The van der Waals surface area contributed by atoms with Gasteiger partial charge in [0.2, 0.25) is 15.9 Å². The van der Waals surface area contributed by atoms with E-state index >= 15 is 0 Å². The number of rotatable bonds is 4. The second-order valence-corrected chi connectivity index (χ2v) is 11.2. The zero-order valence-electron chi connectivity index (χ0n) is 18.1. The van der Waals surface area contributed by atoms with Gasteiger partial charge < -0.3 is 10.6 Å². The van der Waals surface area contributed by atoms with Crippen LogP contribution in [0.1, 0.15) is 56.7 Å². The minimum atomic E-state index is -3.74. The number of carbonyl (C=O) groups is 1. The summed E-state index contributed by atoms with van der Waals surface area (Å²) in [7, 11) is -3.74. The number of nitrogens with one attached hydrogen (secondary N) is 2. The Hall–Kier alpha value is -2.64. The number of nitrogens with two attached hydrogens (primary N) is 1. The normalized spacial score (nSPS) is 22.4. The minimum absolute atomic E-state index is 0.00989. The van der Waals surface area contributed by atoms with Crippen molar-refractivity contribution in [2.45, 2.75) is 50.5 Å². The third kappa shape index (κ3) is 4.67. The molecular weight excluding hydrogens is 410 g/mol. The van der Waals surface area contributed by atoms with Gasteiger partial charge in [-0.05, 0) is 59.2 Å². The number of hydrogen-bond acceptors (Lipinski definition) is 4. The van der Waals surface area contributed by atoms with Crippen molar-refractivity contribution in [2.75, 3.05) is 10.6 Å². The van der Waals surface area contributed by atoms with Crippen molar-refractivity contribution in [3.8, 4) is 0 Å². The van der Waals surface area contributed by atoms with Gasteiger partial charge in [0.1, 0.15) is 0 Å². The van der Waals surface area contributed by atoms with E-state index in [2.05, 4.69) is 22.8 Å². The molecule has 0 saturated carbocycles. The van der Waals surface area contributed by atoms with Crippen LogP contribution in [0.3, 0.4) is 0 Å². The molecule has 2 aromatic rings. The largest absolute Gasteiger partial charge is 0.378 e. The van der Waals surface area contributed by atoms with E-state index in [0.29, 0.717) is 6.42 Å². The van der Waals surface area contributed by atoms with Crippen LogP contribution in [-0.4, -0.2) is 14.3 Å². The number of allylic oxidation sites excluding steroid dienone is 2. The maximum atomic E-state index is 12.2. The van der Waals surface area contributed by atoms with Gasteiger partial charge in [0.05, 0.1) is 10.9 Å². The maximum absolute atomic E-state index is 12.2. The fraction of sp³-hybridized carbons (Fsp3) is 0.375. The van der Waals surface area contributed by atoms with Crippen molar-refractivity contribution in [1.29, 1.82) is 0 Å². The summed E-state index contributed by atoms with van der Waals surface area (Å²) in [6.45, 7) is 6.13. The lowest BCUT2D eigenvalue weighted by Gasteiger charge is -2.37. The predicted molar refractivity (Wildman–Crippen MR) is 123 cm³/mol. The summed E-state index contributed by atoms with van der Waals surface area (Å²) in [6.07, 6.45) is 5.69. The highest BCUT2D eigenvalue weighted by atomic mass is 32.2. The lowest BCUT2D eigenvalue weighted by molar-refractivity contribution is -0.117. The van der Waals surface area contributed by atoms with Crippen LogP contribution in [0.2, 0.25) is 0 Å². The third-order valence-electron chi connectivity index (χ3n) is 5.91. The first-order valence-electron chi connectivity index (χ1n) is 10.5. The Morgan fingerprint density at radius 2 is 1.87 bits per heavy atom. The molecule has 0 fully saturated rings. The van der Waals surface area contributed by atoms with E-state index < -0.39 is 10.0 Å². The first-order valence-corrected chi connectivity index (χ1v) is 12.1. The van der Waals surface area contributed by atoms with E-state index in [0.717, 1.165) is 28.9 Å². The average Bonchev–Trinajstić information content (AvgIpc) is 3.15. The van der Waals surface area contributed by atoms with E-state index in [4.69, 9.17) is 5.14 Å². The van der Waals surface area contributed by atoms with Gasteiger partial charge in [0.25, 0.3) is 0 Å². The van der Waals surface area contributed by atoms with Crippen molar-refractivity contribution in [1.82, 2.24) is 0 Å². The van der Waals surface area contributed by atoms with Crippen LogP contribution in [0, 0.1) is 11.3 Å². The molecule has 1 aliphatic carbocycles. The van der Waals surface area contributed by atoms with Gasteiger partial charge in [0, 0.05) is 23.7 Å². The Labute approximate surface area is 184 Å². The van der Waals surface area contributed by atoms with Crippen molar-refractivity contribution in [3.05, 3.63) is 65.7 Å². The molecule has 2 aliphatic rings. The molecule has 0 saturated heterocycles. The molecule has 0 spiro atoms. The van der Waals surface area contributed by atoms with Crippen LogP contribution in [0.15, 0.2) is 59.5 Å². The number of sulfonamides is 1. The van der Waals surface area contributed by atoms with Crippen LogP contribution < -0.4 is 15.8 Å². The number of primary sulfonamides is 1. The van der Waals surface area contributed by atoms with Crippen LogP contribution in [0.4, 0.5) is 11.4 Å². The number of anilines is 2. The van der Waals surface area contributed by atoms with Crippen LogP contribution in [0.5, 0.6) is 0 Å². The molecule has 4 N–H and O–H groups in total. The fourth-order valence-electron chi connectivity index (χ4n) is 4.54. The summed E-state index contributed by atoms with van der Waals surface area (Å²) >= 11 is 0. The highest BCUT2D eigenvalue weighted by molar-refractivity contribution is 7.89. The molecule has 3 atom stereocenters. The van der Waals surface area contributed by atoms with E-state index in [-0.39, 0.29) is 34.1 Å². The third-order valence-corrected chi connectivity index (χ3v) is 6.82. The molecule has 164 valence electrons. The Kier molecular flexibility index (Phi) is 5.43. The van der Waals surface area contributed by atoms with E-state index in [1.807, 2.05) is 45.0 Å². The molecule has 0 unspecified atom stereocenters. The van der Waals surface area contributed by atoms with E-state index in [9.17, 15) is 13.2 Å². The topological polar surface area (TPSA) is 101 Å². The highest BCUT2D eigenvalue weighted by Gasteiger charge is 2.38. The van der Waals surface area contributed by atoms with Gasteiger partial charge in [-0.1, -0.05) is 45.1 Å². The molecule has 7 heteroatoms. The SMILES string of the molecule is CC(C)(C)CC(=O)Nc1ccc([C@H]2Nc3ccc(S(N)(=O)=O)cc3[C@H]3C=CC[C@H]32)cc1. The second-order valence-electron chi connectivity index (χ2n) is 9.68. The number of carbonyl (C=O) groups excluding carboxylic acids is 1. The van der Waals surface area contributed by atoms with Gasteiger partial charge in [-0.2, -0.15) is 0 Å². The Balaban J connectivity index is 1.57. The molecule has 31 heavy (non-hydrogen) atoms. The average molecular weight is 440 g/mol. The number of hydrogen-bond donors (Lipinski definition) is 3. The Morgan fingerprint density at radius 1 is 1.16 bits per heavy atom. The second kappa shape index (κ2) is 7.80. The first kappa shape index (κ1) is 21.6. The smallest absolute Gasteiger partial charge is 0.238 e. The molecule has 1 aliphatic heterocycles. The summed E-state index contributed by atoms with van der Waals surface area (Å²) in [4.78, 5) is 12.4. The summed E-state index contributed by atoms with van der Waals surface area (Å²) in [6, 6.07) is 13.1. The number of fused-ring (bicyclic) bond motifs is 3. The van der Waals surface area contributed by atoms with Crippen molar-refractivity contribution < 1.29 is 13.2 Å². The maximum Gasteiger partial charge on any atom is 0.238 e. The molecule has 1 heterocycles. The van der Waals surface area contributed by atoms with Crippen LogP contribution in [-0.2, 0) is 14.8 Å². The molecule has 0 aromatic heterocycles. The molecular formula is C24H29N3O3S. The molecule has 1 amide bonds. The fourth-order valence-corrected chi connectivity index (χ4v) is 5.09. The molecule has 0 radical (unpaired) electrons. The van der Waals surface area contributed by atoms with Gasteiger partial charge in [-0.15, -0.1) is 0 Å². The van der Waals surface area contributed by atoms with Crippen molar-refractivity contribution in [2.24, 2.45) is 16.5 Å². The van der Waals surface area contributed by atoms with Gasteiger partial charge >= 0.3 is 0 Å². The summed E-state index contributed by atoms with van der Waals surface area (Å²) in [5.74, 6) is 0.425. The Morgan fingerprint density at radius 3 is 2.52 bits per heavy atom. The van der Waals surface area contributed by atoms with Crippen LogP contribution >= 0.6 is 0 Å². The number of benzene rings is 2. The lowest BCUT2D eigenvalue weighted by Crippen LogP contribution is -2.29. The molecule has 6 nitrogen and oxygen atoms in total.